The second-order valence-electron chi connectivity index (χ2n) is 7.67. The Morgan fingerprint density at radius 1 is 1.17 bits per heavy atom. The van der Waals surface area contributed by atoms with E-state index in [0.29, 0.717) is 38.8 Å². The molecular weight excluding hydrogens is 410 g/mol. The van der Waals surface area contributed by atoms with Crippen LogP contribution in [0.3, 0.4) is 0 Å². The van der Waals surface area contributed by atoms with E-state index in [1.165, 1.54) is 0 Å². The van der Waals surface area contributed by atoms with Gasteiger partial charge >= 0.3 is 0 Å². The van der Waals surface area contributed by atoms with Gasteiger partial charge in [-0.3, -0.25) is 9.59 Å². The van der Waals surface area contributed by atoms with Crippen LogP contribution in [0.2, 0.25) is 0 Å². The van der Waals surface area contributed by atoms with Crippen LogP contribution in [0.4, 0.5) is 19.6 Å². The highest BCUT2D eigenvalue weighted by Crippen LogP contribution is 2.35. The van der Waals surface area contributed by atoms with Gasteiger partial charge in [-0.25, -0.2) is 13.8 Å². The summed E-state index contributed by atoms with van der Waals surface area (Å²) >= 11 is 1.60. The molecule has 1 N–H and O–H groups in total. The van der Waals surface area contributed by atoms with Crippen LogP contribution in [0.5, 0.6) is 0 Å². The minimum absolute atomic E-state index is 0.132. The van der Waals surface area contributed by atoms with E-state index in [1.54, 1.807) is 11.3 Å². The lowest BCUT2D eigenvalue weighted by atomic mass is 9.90. The molecule has 1 aliphatic heterocycles. The molecule has 2 amide bonds. The first-order valence-corrected chi connectivity index (χ1v) is 11.0. The van der Waals surface area contributed by atoms with Crippen molar-refractivity contribution in [3.63, 3.8) is 0 Å². The van der Waals surface area contributed by atoms with E-state index in [4.69, 9.17) is 4.98 Å². The van der Waals surface area contributed by atoms with Crippen LogP contribution >= 0.6 is 11.3 Å². The summed E-state index contributed by atoms with van der Waals surface area (Å²) in [5, 5.41) is 3.57. The lowest BCUT2D eigenvalue weighted by Gasteiger charge is -2.34. The Kier molecular flexibility index (Phi) is 5.99. The van der Waals surface area contributed by atoms with Crippen molar-refractivity contribution < 1.29 is 18.4 Å². The van der Waals surface area contributed by atoms with Crippen LogP contribution < -0.4 is 10.2 Å². The van der Waals surface area contributed by atoms with Gasteiger partial charge in [0, 0.05) is 55.1 Å². The topological polar surface area (TPSA) is 65.5 Å². The molecule has 1 atom stereocenters. The number of benzene rings is 1. The first-order valence-electron chi connectivity index (χ1n) is 10.2. The predicted octanol–water partition coefficient (Wildman–Crippen LogP) is 3.22. The number of carbonyl (C=O) groups is 2. The molecule has 0 radical (unpaired) electrons. The predicted molar refractivity (Wildman–Crippen MR) is 112 cm³/mol. The number of nitrogens with zero attached hydrogens (tertiary/aromatic N) is 3. The fourth-order valence-corrected chi connectivity index (χ4v) is 5.20. The van der Waals surface area contributed by atoms with Crippen LogP contribution in [0.25, 0.3) is 0 Å². The smallest absolute Gasteiger partial charge is 0.227 e. The SMILES string of the molecule is CCC(=O)N1CCN(c2nc3c(s2)C[C@H](C(=O)Nc2cc(F)cc(F)c2)CC3)CC1. The average Bonchev–Trinajstić information content (AvgIpc) is 3.16. The van der Waals surface area contributed by atoms with Crippen LogP contribution in [-0.4, -0.2) is 47.9 Å². The van der Waals surface area contributed by atoms with E-state index in [9.17, 15) is 18.4 Å². The molecule has 2 heterocycles. The van der Waals surface area contributed by atoms with E-state index in [2.05, 4.69) is 10.2 Å². The molecule has 0 saturated carbocycles. The molecule has 1 aliphatic carbocycles. The number of hydrogen-bond donors (Lipinski definition) is 1. The van der Waals surface area contributed by atoms with Crippen molar-refractivity contribution in [2.24, 2.45) is 5.92 Å². The van der Waals surface area contributed by atoms with Crippen molar-refractivity contribution in [2.75, 3.05) is 36.4 Å². The summed E-state index contributed by atoms with van der Waals surface area (Å²) in [6.45, 7) is 4.79. The van der Waals surface area contributed by atoms with Crippen molar-refractivity contribution in [3.8, 4) is 0 Å². The zero-order chi connectivity index (χ0) is 21.3. The first kappa shape index (κ1) is 20.7. The van der Waals surface area contributed by atoms with Gasteiger partial charge in [-0.2, -0.15) is 0 Å². The highest BCUT2D eigenvalue weighted by Gasteiger charge is 2.30. The monoisotopic (exact) mass is 434 g/mol. The van der Waals surface area contributed by atoms with Crippen molar-refractivity contribution >= 4 is 34.0 Å². The summed E-state index contributed by atoms with van der Waals surface area (Å²) < 4.78 is 26.7. The third-order valence-electron chi connectivity index (χ3n) is 5.63. The van der Waals surface area contributed by atoms with E-state index in [-0.39, 0.29) is 23.4 Å². The third kappa shape index (κ3) is 4.45. The van der Waals surface area contributed by atoms with Gasteiger partial charge in [0.2, 0.25) is 11.8 Å². The number of aryl methyl sites for hydroxylation is 1. The third-order valence-corrected chi connectivity index (χ3v) is 6.82. The van der Waals surface area contributed by atoms with Crippen LogP contribution in [0.15, 0.2) is 18.2 Å². The van der Waals surface area contributed by atoms with Gasteiger partial charge in [-0.1, -0.05) is 6.92 Å². The number of nitrogens with one attached hydrogen (secondary N) is 1. The van der Waals surface area contributed by atoms with E-state index in [0.717, 1.165) is 47.0 Å². The van der Waals surface area contributed by atoms with Gasteiger partial charge in [0.15, 0.2) is 5.13 Å². The normalized spacial score (nSPS) is 18.8. The number of hydrogen-bond acceptors (Lipinski definition) is 5. The van der Waals surface area contributed by atoms with Gasteiger partial charge in [-0.05, 0) is 31.4 Å². The number of halogens is 2. The summed E-state index contributed by atoms with van der Waals surface area (Å²) in [5.41, 5.74) is 1.16. The van der Waals surface area contributed by atoms with Gasteiger partial charge in [0.1, 0.15) is 11.6 Å². The van der Waals surface area contributed by atoms with Gasteiger partial charge in [0.25, 0.3) is 0 Å². The van der Waals surface area contributed by atoms with E-state index >= 15 is 0 Å². The quantitative estimate of drug-likeness (QED) is 0.803. The summed E-state index contributed by atoms with van der Waals surface area (Å²) in [6.07, 6.45) is 2.45. The molecule has 1 aromatic carbocycles. The lowest BCUT2D eigenvalue weighted by Crippen LogP contribution is -2.48. The molecule has 9 heteroatoms. The molecule has 6 nitrogen and oxygen atoms in total. The second-order valence-corrected chi connectivity index (χ2v) is 8.74. The average molecular weight is 435 g/mol. The van der Waals surface area contributed by atoms with Gasteiger partial charge < -0.3 is 15.1 Å². The Hall–Kier alpha value is -2.55. The molecule has 2 aliphatic rings. The molecule has 0 bridgehead atoms. The molecule has 1 fully saturated rings. The van der Waals surface area contributed by atoms with Crippen LogP contribution in [0.1, 0.15) is 30.3 Å². The number of carbonyl (C=O) groups excluding carboxylic acids is 2. The zero-order valence-electron chi connectivity index (χ0n) is 16.8. The van der Waals surface area contributed by atoms with Crippen LogP contribution in [-0.2, 0) is 22.4 Å². The number of thiazole rings is 1. The molecule has 1 aromatic heterocycles. The maximum Gasteiger partial charge on any atom is 0.227 e. The minimum Gasteiger partial charge on any atom is -0.345 e. The number of aromatic nitrogens is 1. The maximum atomic E-state index is 13.4. The van der Waals surface area contributed by atoms with Crippen LogP contribution in [0, 0.1) is 17.6 Å². The summed E-state index contributed by atoms with van der Waals surface area (Å²) in [5.74, 6) is -1.74. The van der Waals surface area contributed by atoms with Crippen molar-refractivity contribution in [2.45, 2.75) is 32.6 Å². The largest absolute Gasteiger partial charge is 0.345 e. The van der Waals surface area contributed by atoms with E-state index in [1.807, 2.05) is 11.8 Å². The Labute approximate surface area is 177 Å². The number of amides is 2. The molecular formula is C21H24F2N4O2S. The Morgan fingerprint density at radius 2 is 1.87 bits per heavy atom. The Bertz CT molecular complexity index is 936. The fraction of sp³-hybridized carbons (Fsp3) is 0.476. The summed E-state index contributed by atoms with van der Waals surface area (Å²) in [4.78, 5) is 34.4. The number of anilines is 2. The van der Waals surface area contributed by atoms with Gasteiger partial charge in [0.05, 0.1) is 5.69 Å². The standard InChI is InChI=1S/C21H24F2N4O2S/c1-2-19(28)26-5-7-27(8-6-26)21-25-17-4-3-13(9-18(17)30-21)20(29)24-16-11-14(22)10-15(23)12-16/h10-13H,2-9H2,1H3,(H,24,29)/t13-/m1/s1. The Balaban J connectivity index is 1.38. The highest BCUT2D eigenvalue weighted by atomic mass is 32.1. The fourth-order valence-electron chi connectivity index (χ4n) is 3.96. The van der Waals surface area contributed by atoms with Crippen molar-refractivity contribution in [1.29, 1.82) is 0 Å². The molecule has 1 saturated heterocycles. The minimum atomic E-state index is -0.718. The highest BCUT2D eigenvalue weighted by molar-refractivity contribution is 7.15. The molecule has 160 valence electrons. The second kappa shape index (κ2) is 8.67. The summed E-state index contributed by atoms with van der Waals surface area (Å²) in [6, 6.07) is 3.01. The van der Waals surface area contributed by atoms with Gasteiger partial charge in [-0.15, -0.1) is 11.3 Å². The van der Waals surface area contributed by atoms with Crippen molar-refractivity contribution in [1.82, 2.24) is 9.88 Å². The summed E-state index contributed by atoms with van der Waals surface area (Å²) in [7, 11) is 0. The maximum absolute atomic E-state index is 13.4. The zero-order valence-corrected chi connectivity index (χ0v) is 17.6. The number of fused-ring (bicyclic) bond motifs is 1. The molecule has 0 spiro atoms. The lowest BCUT2D eigenvalue weighted by molar-refractivity contribution is -0.131. The van der Waals surface area contributed by atoms with E-state index < -0.39 is 11.6 Å². The first-order chi connectivity index (χ1) is 14.4. The van der Waals surface area contributed by atoms with Crippen molar-refractivity contribution in [3.05, 3.63) is 40.4 Å². The molecule has 0 unspecified atom stereocenters. The Morgan fingerprint density at radius 3 is 2.53 bits per heavy atom. The molecule has 30 heavy (non-hydrogen) atoms. The molecule has 2 aromatic rings. The number of rotatable bonds is 4. The molecule has 4 rings (SSSR count). The number of piperazine rings is 1.